The number of rotatable bonds is 4. The maximum Gasteiger partial charge on any atom is 0.375 e. The number of aliphatic imine (C=N–C) groups is 1. The molecular formula is C16H22ClN3O2. The van der Waals surface area contributed by atoms with E-state index in [-0.39, 0.29) is 11.9 Å². The largest absolute Gasteiger partial charge is 0.460 e. The van der Waals surface area contributed by atoms with E-state index in [2.05, 4.69) is 15.8 Å². The molecule has 22 heavy (non-hydrogen) atoms. The van der Waals surface area contributed by atoms with Crippen LogP contribution in [-0.2, 0) is 9.53 Å². The maximum absolute atomic E-state index is 12.0. The van der Waals surface area contributed by atoms with Crippen molar-refractivity contribution in [3.63, 3.8) is 0 Å². The van der Waals surface area contributed by atoms with Crippen molar-refractivity contribution >= 4 is 29.1 Å². The average molecular weight is 324 g/mol. The molecule has 2 rings (SSSR count). The zero-order valence-corrected chi connectivity index (χ0v) is 13.5. The van der Waals surface area contributed by atoms with Crippen molar-refractivity contribution in [1.29, 1.82) is 0 Å². The predicted molar refractivity (Wildman–Crippen MR) is 89.2 cm³/mol. The van der Waals surface area contributed by atoms with Gasteiger partial charge in [0.1, 0.15) is 0 Å². The molecule has 0 saturated heterocycles. The number of ether oxygens (including phenoxy) is 1. The second-order valence-corrected chi connectivity index (χ2v) is 5.63. The topological polar surface area (TPSA) is 62.7 Å². The smallest absolute Gasteiger partial charge is 0.375 e. The third-order valence-corrected chi connectivity index (χ3v) is 3.87. The van der Waals surface area contributed by atoms with Crippen LogP contribution in [0.5, 0.6) is 0 Å². The second-order valence-electron chi connectivity index (χ2n) is 5.22. The highest BCUT2D eigenvalue weighted by Gasteiger charge is 2.18. The molecule has 120 valence electrons. The van der Waals surface area contributed by atoms with Gasteiger partial charge in [-0.15, -0.1) is 0 Å². The molecule has 0 aliphatic heterocycles. The first-order chi connectivity index (χ1) is 10.7. The minimum Gasteiger partial charge on any atom is -0.460 e. The summed E-state index contributed by atoms with van der Waals surface area (Å²) < 4.78 is 5.06. The summed E-state index contributed by atoms with van der Waals surface area (Å²) in [5, 5.41) is 0.566. The minimum atomic E-state index is -0.451. The standard InChI is InChI=1S/C16H22ClN3O2/c1-2-22-16(21)15(18-12-8-4-3-5-9-12)20-19-14-11-7-6-10-13(14)17/h6-7,10-12,19H,2-5,8-9H2,1H3,(H,18,20). The van der Waals surface area contributed by atoms with Gasteiger partial charge in [-0.3, -0.25) is 15.8 Å². The summed E-state index contributed by atoms with van der Waals surface area (Å²) in [5.41, 5.74) is 6.46. The number of amidine groups is 1. The van der Waals surface area contributed by atoms with Crippen molar-refractivity contribution in [2.24, 2.45) is 4.99 Å². The van der Waals surface area contributed by atoms with Gasteiger partial charge in [-0.1, -0.05) is 43.0 Å². The van der Waals surface area contributed by atoms with E-state index in [1.807, 2.05) is 18.2 Å². The molecule has 1 aromatic carbocycles. The third kappa shape index (κ3) is 4.91. The molecule has 1 saturated carbocycles. The Kier molecular flexibility index (Phi) is 6.52. The zero-order chi connectivity index (χ0) is 15.8. The Morgan fingerprint density at radius 2 is 2.05 bits per heavy atom. The Morgan fingerprint density at radius 3 is 2.73 bits per heavy atom. The molecule has 0 atom stereocenters. The molecule has 0 amide bonds. The Balaban J connectivity index is 2.05. The lowest BCUT2D eigenvalue weighted by atomic mass is 9.96. The number of hydrazine groups is 1. The Hall–Kier alpha value is -1.75. The normalized spacial score (nSPS) is 16.2. The highest BCUT2D eigenvalue weighted by Crippen LogP contribution is 2.21. The first-order valence-electron chi connectivity index (χ1n) is 7.72. The SMILES string of the molecule is CCOC(=O)C(=NC1CCCCC1)NNc1ccccc1Cl. The lowest BCUT2D eigenvalue weighted by Crippen LogP contribution is -2.38. The van der Waals surface area contributed by atoms with Crippen LogP contribution in [0.3, 0.4) is 0 Å². The van der Waals surface area contributed by atoms with Crippen molar-refractivity contribution in [3.8, 4) is 0 Å². The van der Waals surface area contributed by atoms with Gasteiger partial charge in [0.05, 0.1) is 23.4 Å². The van der Waals surface area contributed by atoms with Crippen LogP contribution in [0.4, 0.5) is 5.69 Å². The molecule has 0 heterocycles. The van der Waals surface area contributed by atoms with E-state index < -0.39 is 5.97 Å². The Labute approximate surface area is 136 Å². The number of carbonyl (C=O) groups excluding carboxylic acids is 1. The molecule has 0 aromatic heterocycles. The van der Waals surface area contributed by atoms with Crippen LogP contribution in [0, 0.1) is 0 Å². The van der Waals surface area contributed by atoms with Crippen LogP contribution in [0.15, 0.2) is 29.3 Å². The van der Waals surface area contributed by atoms with Gasteiger partial charge >= 0.3 is 5.97 Å². The number of nitrogens with zero attached hydrogens (tertiary/aromatic N) is 1. The number of anilines is 1. The maximum atomic E-state index is 12.0. The summed E-state index contributed by atoms with van der Waals surface area (Å²) >= 11 is 6.08. The lowest BCUT2D eigenvalue weighted by molar-refractivity contribution is -0.135. The molecule has 0 spiro atoms. The summed E-state index contributed by atoms with van der Waals surface area (Å²) in [7, 11) is 0. The Morgan fingerprint density at radius 1 is 1.32 bits per heavy atom. The van der Waals surface area contributed by atoms with Crippen LogP contribution in [0.25, 0.3) is 0 Å². The van der Waals surface area contributed by atoms with E-state index in [0.717, 1.165) is 25.7 Å². The number of halogens is 1. The van der Waals surface area contributed by atoms with Gasteiger partial charge < -0.3 is 4.74 Å². The summed E-state index contributed by atoms with van der Waals surface area (Å²) in [6, 6.07) is 7.47. The van der Waals surface area contributed by atoms with Crippen LogP contribution in [0.2, 0.25) is 5.02 Å². The van der Waals surface area contributed by atoms with E-state index in [1.165, 1.54) is 6.42 Å². The molecule has 0 unspecified atom stereocenters. The number of hydrogen-bond donors (Lipinski definition) is 2. The fraction of sp³-hybridized carbons (Fsp3) is 0.500. The summed E-state index contributed by atoms with van der Waals surface area (Å²) in [6.45, 7) is 2.09. The highest BCUT2D eigenvalue weighted by molar-refractivity contribution is 6.36. The van der Waals surface area contributed by atoms with E-state index in [1.54, 1.807) is 13.0 Å². The first kappa shape index (κ1) is 16.6. The fourth-order valence-corrected chi connectivity index (χ4v) is 2.60. The molecule has 6 heteroatoms. The second kappa shape index (κ2) is 8.63. The molecule has 5 nitrogen and oxygen atoms in total. The van der Waals surface area contributed by atoms with E-state index in [0.29, 0.717) is 17.3 Å². The Bertz CT molecular complexity index is 528. The summed E-state index contributed by atoms with van der Waals surface area (Å²) in [5.74, 6) is -0.249. The van der Waals surface area contributed by atoms with Gasteiger partial charge in [0.2, 0.25) is 5.84 Å². The summed E-state index contributed by atoms with van der Waals surface area (Å²) in [6.07, 6.45) is 5.57. The molecule has 0 radical (unpaired) electrons. The van der Waals surface area contributed by atoms with Gasteiger partial charge in [-0.25, -0.2) is 4.79 Å². The van der Waals surface area contributed by atoms with E-state index in [9.17, 15) is 4.79 Å². The van der Waals surface area contributed by atoms with Gasteiger partial charge in [-0.2, -0.15) is 0 Å². The number of benzene rings is 1. The van der Waals surface area contributed by atoms with E-state index >= 15 is 0 Å². The van der Waals surface area contributed by atoms with Gasteiger partial charge in [0, 0.05) is 0 Å². The van der Waals surface area contributed by atoms with Crippen LogP contribution in [0.1, 0.15) is 39.0 Å². The van der Waals surface area contributed by atoms with Crippen molar-refractivity contribution in [2.45, 2.75) is 45.1 Å². The zero-order valence-electron chi connectivity index (χ0n) is 12.8. The van der Waals surface area contributed by atoms with Crippen LogP contribution in [-0.4, -0.2) is 24.5 Å². The molecular weight excluding hydrogens is 302 g/mol. The first-order valence-corrected chi connectivity index (χ1v) is 8.10. The van der Waals surface area contributed by atoms with E-state index in [4.69, 9.17) is 16.3 Å². The number of carbonyl (C=O) groups is 1. The number of hydrogen-bond acceptors (Lipinski definition) is 4. The predicted octanol–water partition coefficient (Wildman–Crippen LogP) is 3.55. The van der Waals surface area contributed by atoms with Crippen LogP contribution < -0.4 is 10.9 Å². The highest BCUT2D eigenvalue weighted by atomic mass is 35.5. The molecule has 2 N–H and O–H groups in total. The molecule has 0 bridgehead atoms. The molecule has 1 fully saturated rings. The molecule has 1 aliphatic rings. The monoisotopic (exact) mass is 323 g/mol. The fourth-order valence-electron chi connectivity index (χ4n) is 2.42. The number of para-hydroxylation sites is 1. The minimum absolute atomic E-state index is 0.175. The van der Waals surface area contributed by atoms with Crippen molar-refractivity contribution in [1.82, 2.24) is 5.43 Å². The average Bonchev–Trinajstić information content (AvgIpc) is 2.54. The number of esters is 1. The van der Waals surface area contributed by atoms with Crippen molar-refractivity contribution in [2.75, 3.05) is 12.0 Å². The van der Waals surface area contributed by atoms with Crippen molar-refractivity contribution in [3.05, 3.63) is 29.3 Å². The quantitative estimate of drug-likeness (QED) is 0.385. The van der Waals surface area contributed by atoms with Crippen molar-refractivity contribution < 1.29 is 9.53 Å². The summed E-state index contributed by atoms with van der Waals surface area (Å²) in [4.78, 5) is 16.6. The van der Waals surface area contributed by atoms with Gasteiger partial charge in [0.25, 0.3) is 0 Å². The third-order valence-electron chi connectivity index (χ3n) is 3.54. The molecule has 1 aromatic rings. The van der Waals surface area contributed by atoms with Crippen LogP contribution >= 0.6 is 11.6 Å². The van der Waals surface area contributed by atoms with Gasteiger partial charge in [-0.05, 0) is 31.9 Å². The number of nitrogens with one attached hydrogen (secondary N) is 2. The molecule has 1 aliphatic carbocycles. The lowest BCUT2D eigenvalue weighted by Gasteiger charge is -2.20. The van der Waals surface area contributed by atoms with Gasteiger partial charge in [0.15, 0.2) is 0 Å².